The van der Waals surface area contributed by atoms with E-state index in [-0.39, 0.29) is 11.9 Å². The minimum Gasteiger partial charge on any atom is -0.298 e. The molecular weight excluding hydrogens is 453 g/mol. The van der Waals surface area contributed by atoms with E-state index in [9.17, 15) is 4.39 Å². The van der Waals surface area contributed by atoms with Crippen LogP contribution in [0.25, 0.3) is 10.9 Å². The summed E-state index contributed by atoms with van der Waals surface area (Å²) in [5, 5.41) is 14.0. The number of tetrazole rings is 1. The van der Waals surface area contributed by atoms with Crippen molar-refractivity contribution in [3.63, 3.8) is 0 Å². The van der Waals surface area contributed by atoms with Crippen molar-refractivity contribution in [1.29, 1.82) is 0 Å². The molecule has 1 saturated heterocycles. The predicted molar refractivity (Wildman–Crippen MR) is 137 cm³/mol. The first kappa shape index (κ1) is 23.2. The fourth-order valence-electron chi connectivity index (χ4n) is 5.88. The Bertz CT molecular complexity index is 1290. The molecule has 2 fully saturated rings. The maximum absolute atomic E-state index is 13.5. The molecule has 0 bridgehead atoms. The van der Waals surface area contributed by atoms with Gasteiger partial charge in [0, 0.05) is 43.8 Å². The standard InChI is InChI=1S/C28H32FN7/c29-24-11-8-21(9-12-24)20-36-28(31-32-33-36)27(23-10-13-26-22(19-23)5-4-14-30-26)35-17-15-34(16-18-35)25-6-2-1-3-7-25/h4-5,8-14,19,25,27H,1-3,6-7,15-18,20H2. The molecule has 1 saturated carbocycles. The molecule has 6 rings (SSSR count). The highest BCUT2D eigenvalue weighted by atomic mass is 19.1. The summed E-state index contributed by atoms with van der Waals surface area (Å²) in [6.45, 7) is 4.56. The average Bonchev–Trinajstić information content (AvgIpc) is 3.38. The van der Waals surface area contributed by atoms with Gasteiger partial charge in [0.1, 0.15) is 5.82 Å². The molecule has 0 radical (unpaired) electrons. The van der Waals surface area contributed by atoms with Gasteiger partial charge < -0.3 is 0 Å². The van der Waals surface area contributed by atoms with Gasteiger partial charge in [-0.3, -0.25) is 14.8 Å². The van der Waals surface area contributed by atoms with Crippen LogP contribution in [0, 0.1) is 5.82 Å². The van der Waals surface area contributed by atoms with Crippen LogP contribution in [0.2, 0.25) is 0 Å². The van der Waals surface area contributed by atoms with Crippen molar-refractivity contribution in [3.8, 4) is 0 Å². The lowest BCUT2D eigenvalue weighted by Gasteiger charge is -2.43. The first-order valence-corrected chi connectivity index (χ1v) is 13.1. The molecule has 7 nitrogen and oxygen atoms in total. The molecule has 1 unspecified atom stereocenters. The molecule has 1 aliphatic carbocycles. The number of hydrogen-bond donors (Lipinski definition) is 0. The van der Waals surface area contributed by atoms with Crippen molar-refractivity contribution in [2.24, 2.45) is 0 Å². The summed E-state index contributed by atoms with van der Waals surface area (Å²) in [5.41, 5.74) is 3.11. The second-order valence-corrected chi connectivity index (χ2v) is 10.0. The maximum Gasteiger partial charge on any atom is 0.173 e. The lowest BCUT2D eigenvalue weighted by Crippen LogP contribution is -2.52. The van der Waals surface area contributed by atoms with E-state index in [0.717, 1.165) is 60.1 Å². The third-order valence-electron chi connectivity index (χ3n) is 7.80. The first-order valence-electron chi connectivity index (χ1n) is 13.1. The molecule has 2 aromatic carbocycles. The summed E-state index contributed by atoms with van der Waals surface area (Å²) in [7, 11) is 0. The van der Waals surface area contributed by atoms with Crippen molar-refractivity contribution in [3.05, 3.63) is 83.6 Å². The Hall–Kier alpha value is -3.23. The van der Waals surface area contributed by atoms with Gasteiger partial charge in [-0.1, -0.05) is 43.5 Å². The Morgan fingerprint density at radius 2 is 1.72 bits per heavy atom. The Morgan fingerprint density at radius 3 is 2.53 bits per heavy atom. The molecule has 4 aromatic rings. The van der Waals surface area contributed by atoms with E-state index in [0.29, 0.717) is 6.54 Å². The molecule has 8 heteroatoms. The molecule has 1 aliphatic heterocycles. The van der Waals surface area contributed by atoms with Gasteiger partial charge in [0.25, 0.3) is 0 Å². The van der Waals surface area contributed by atoms with Gasteiger partial charge in [0.15, 0.2) is 5.82 Å². The Morgan fingerprint density at radius 1 is 0.917 bits per heavy atom. The van der Waals surface area contributed by atoms with Crippen molar-refractivity contribution in [2.75, 3.05) is 26.2 Å². The van der Waals surface area contributed by atoms with Crippen LogP contribution in [0.15, 0.2) is 60.8 Å². The van der Waals surface area contributed by atoms with Crippen LogP contribution in [-0.4, -0.2) is 67.2 Å². The zero-order chi connectivity index (χ0) is 24.3. The smallest absolute Gasteiger partial charge is 0.173 e. The number of nitrogens with zero attached hydrogens (tertiary/aromatic N) is 7. The van der Waals surface area contributed by atoms with Crippen LogP contribution < -0.4 is 0 Å². The highest BCUT2D eigenvalue weighted by Gasteiger charge is 2.33. The minimum absolute atomic E-state index is 0.0708. The topological polar surface area (TPSA) is 63.0 Å². The van der Waals surface area contributed by atoms with Gasteiger partial charge in [-0.05, 0) is 64.7 Å². The Labute approximate surface area is 210 Å². The van der Waals surface area contributed by atoms with Gasteiger partial charge in [-0.15, -0.1) is 5.10 Å². The second-order valence-electron chi connectivity index (χ2n) is 10.0. The predicted octanol–water partition coefficient (Wildman–Crippen LogP) is 4.45. The van der Waals surface area contributed by atoms with Gasteiger partial charge in [-0.25, -0.2) is 9.07 Å². The lowest BCUT2D eigenvalue weighted by molar-refractivity contribution is 0.0621. The fraction of sp³-hybridized carbons (Fsp3) is 0.429. The molecular formula is C28H32FN7. The fourth-order valence-corrected chi connectivity index (χ4v) is 5.88. The summed E-state index contributed by atoms with van der Waals surface area (Å²) in [5.74, 6) is 0.572. The summed E-state index contributed by atoms with van der Waals surface area (Å²) in [4.78, 5) is 9.71. The number of piperazine rings is 1. The van der Waals surface area contributed by atoms with Crippen LogP contribution in [-0.2, 0) is 6.54 Å². The highest BCUT2D eigenvalue weighted by Crippen LogP contribution is 2.32. The highest BCUT2D eigenvalue weighted by molar-refractivity contribution is 5.79. The quantitative estimate of drug-likeness (QED) is 0.402. The summed E-state index contributed by atoms with van der Waals surface area (Å²) >= 11 is 0. The lowest BCUT2D eigenvalue weighted by atomic mass is 9.93. The summed E-state index contributed by atoms with van der Waals surface area (Å²) in [6.07, 6.45) is 8.58. The molecule has 36 heavy (non-hydrogen) atoms. The summed E-state index contributed by atoms with van der Waals surface area (Å²) in [6, 6.07) is 17.8. The third kappa shape index (κ3) is 4.88. The zero-order valence-electron chi connectivity index (χ0n) is 20.5. The van der Waals surface area contributed by atoms with E-state index < -0.39 is 0 Å². The van der Waals surface area contributed by atoms with Crippen LogP contribution in [0.5, 0.6) is 0 Å². The number of benzene rings is 2. The molecule has 2 aromatic heterocycles. The van der Waals surface area contributed by atoms with E-state index in [2.05, 4.69) is 54.6 Å². The maximum atomic E-state index is 13.5. The minimum atomic E-state index is -0.242. The largest absolute Gasteiger partial charge is 0.298 e. The van der Waals surface area contributed by atoms with Crippen molar-refractivity contribution in [2.45, 2.75) is 50.7 Å². The number of hydrogen-bond acceptors (Lipinski definition) is 6. The Balaban J connectivity index is 1.31. The van der Waals surface area contributed by atoms with Gasteiger partial charge in [-0.2, -0.15) is 0 Å². The van der Waals surface area contributed by atoms with E-state index in [1.165, 1.54) is 44.2 Å². The average molecular weight is 486 g/mol. The van der Waals surface area contributed by atoms with Crippen molar-refractivity contribution < 1.29 is 4.39 Å². The van der Waals surface area contributed by atoms with Crippen molar-refractivity contribution >= 4 is 10.9 Å². The van der Waals surface area contributed by atoms with E-state index in [1.54, 1.807) is 12.1 Å². The van der Waals surface area contributed by atoms with Crippen LogP contribution in [0.3, 0.4) is 0 Å². The number of aromatic nitrogens is 5. The Kier molecular flexibility index (Phi) is 6.70. The van der Waals surface area contributed by atoms with Crippen LogP contribution in [0.4, 0.5) is 4.39 Å². The SMILES string of the molecule is Fc1ccc(Cn2nnnc2C(c2ccc3ncccc3c2)N2CCN(C3CCCCC3)CC2)cc1. The van der Waals surface area contributed by atoms with Gasteiger partial charge in [0.2, 0.25) is 0 Å². The molecule has 0 amide bonds. The first-order chi connectivity index (χ1) is 17.7. The van der Waals surface area contributed by atoms with E-state index >= 15 is 0 Å². The second kappa shape index (κ2) is 10.4. The van der Waals surface area contributed by atoms with Crippen LogP contribution in [0.1, 0.15) is 55.1 Å². The number of rotatable bonds is 6. The van der Waals surface area contributed by atoms with Crippen LogP contribution >= 0.6 is 0 Å². The normalized spacial score (nSPS) is 19.0. The van der Waals surface area contributed by atoms with Gasteiger partial charge >= 0.3 is 0 Å². The van der Waals surface area contributed by atoms with E-state index in [1.807, 2.05) is 16.9 Å². The van der Waals surface area contributed by atoms with E-state index in [4.69, 9.17) is 0 Å². The molecule has 1 atom stereocenters. The number of pyridine rings is 1. The zero-order valence-corrected chi connectivity index (χ0v) is 20.5. The molecule has 186 valence electrons. The molecule has 2 aliphatic rings. The van der Waals surface area contributed by atoms with Crippen molar-refractivity contribution in [1.82, 2.24) is 35.0 Å². The molecule has 0 N–H and O–H groups in total. The monoisotopic (exact) mass is 485 g/mol. The number of halogens is 1. The van der Waals surface area contributed by atoms with Gasteiger partial charge in [0.05, 0.1) is 18.1 Å². The molecule has 0 spiro atoms. The number of fused-ring (bicyclic) bond motifs is 1. The third-order valence-corrected chi connectivity index (χ3v) is 7.80. The molecule has 3 heterocycles. The summed E-state index contributed by atoms with van der Waals surface area (Å²) < 4.78 is 15.3.